The molecule has 0 atom stereocenters. The Hall–Kier alpha value is -1.63. The number of anilines is 1. The summed E-state index contributed by atoms with van der Waals surface area (Å²) in [5.41, 5.74) is 1.41. The van der Waals surface area contributed by atoms with Crippen LogP contribution in [0.15, 0.2) is 16.7 Å². The van der Waals surface area contributed by atoms with E-state index in [2.05, 4.69) is 26.0 Å². The van der Waals surface area contributed by atoms with Crippen molar-refractivity contribution < 1.29 is 9.90 Å². The number of rotatable bonds is 4. The van der Waals surface area contributed by atoms with E-state index in [4.69, 9.17) is 5.11 Å². The predicted octanol–water partition coefficient (Wildman–Crippen LogP) is 1.57. The van der Waals surface area contributed by atoms with Crippen molar-refractivity contribution in [1.29, 1.82) is 0 Å². The first kappa shape index (κ1) is 12.8. The first-order valence-electron chi connectivity index (χ1n) is 5.42. The average molecular weight is 313 g/mol. The third-order valence-electron chi connectivity index (χ3n) is 2.51. The summed E-state index contributed by atoms with van der Waals surface area (Å²) in [6.07, 6.45) is 0.444. The lowest BCUT2D eigenvalue weighted by Gasteiger charge is -2.10. The molecule has 2 aromatic rings. The Morgan fingerprint density at radius 2 is 2.22 bits per heavy atom. The third kappa shape index (κ3) is 2.45. The van der Waals surface area contributed by atoms with Gasteiger partial charge in [0, 0.05) is 20.5 Å². The summed E-state index contributed by atoms with van der Waals surface area (Å²) in [6, 6.07) is 3.73. The van der Waals surface area contributed by atoms with Gasteiger partial charge in [-0.25, -0.2) is 9.50 Å². The second-order valence-electron chi connectivity index (χ2n) is 4.10. The summed E-state index contributed by atoms with van der Waals surface area (Å²) in [5.74, 6) is -0.0220. The fourth-order valence-electron chi connectivity index (χ4n) is 1.57. The number of carbonyl (C=O) groups is 1. The number of nitrogens with zero attached hydrogens (tertiary/aromatic N) is 4. The maximum Gasteiger partial charge on any atom is 0.303 e. The van der Waals surface area contributed by atoms with E-state index in [9.17, 15) is 4.79 Å². The van der Waals surface area contributed by atoms with Crippen molar-refractivity contribution in [3.8, 4) is 0 Å². The smallest absolute Gasteiger partial charge is 0.303 e. The van der Waals surface area contributed by atoms with Crippen LogP contribution >= 0.6 is 15.9 Å². The topological polar surface area (TPSA) is 70.7 Å². The number of hydrogen-bond acceptors (Lipinski definition) is 4. The molecule has 1 N–H and O–H groups in total. The minimum absolute atomic E-state index is 0.0586. The quantitative estimate of drug-likeness (QED) is 0.928. The minimum Gasteiger partial charge on any atom is -0.481 e. The van der Waals surface area contributed by atoms with Crippen LogP contribution < -0.4 is 4.90 Å². The molecule has 0 spiro atoms. The van der Waals surface area contributed by atoms with E-state index in [-0.39, 0.29) is 6.42 Å². The molecule has 0 amide bonds. The van der Waals surface area contributed by atoms with E-state index in [1.807, 2.05) is 31.1 Å². The van der Waals surface area contributed by atoms with Gasteiger partial charge < -0.3 is 10.0 Å². The van der Waals surface area contributed by atoms with E-state index in [1.54, 1.807) is 4.52 Å². The SMILES string of the molecule is CN(C)c1ccc2nc(CCC(=O)O)c(Br)n2n1. The monoisotopic (exact) mass is 312 g/mol. The van der Waals surface area contributed by atoms with Crippen molar-refractivity contribution in [3.63, 3.8) is 0 Å². The van der Waals surface area contributed by atoms with Gasteiger partial charge in [-0.3, -0.25) is 4.79 Å². The summed E-state index contributed by atoms with van der Waals surface area (Å²) >= 11 is 3.41. The van der Waals surface area contributed by atoms with Crippen molar-refractivity contribution in [2.75, 3.05) is 19.0 Å². The molecule has 2 rings (SSSR count). The molecule has 0 aliphatic carbocycles. The molecule has 0 fully saturated rings. The average Bonchev–Trinajstić information content (AvgIpc) is 2.63. The first-order chi connectivity index (χ1) is 8.49. The van der Waals surface area contributed by atoms with Gasteiger partial charge >= 0.3 is 5.97 Å². The normalized spacial score (nSPS) is 10.8. The van der Waals surface area contributed by atoms with Gasteiger partial charge in [0.1, 0.15) is 10.4 Å². The fourth-order valence-corrected chi connectivity index (χ4v) is 2.11. The second kappa shape index (κ2) is 4.93. The summed E-state index contributed by atoms with van der Waals surface area (Å²) in [6.45, 7) is 0. The highest BCUT2D eigenvalue weighted by atomic mass is 79.9. The van der Waals surface area contributed by atoms with Gasteiger partial charge in [-0.2, -0.15) is 0 Å². The van der Waals surface area contributed by atoms with E-state index in [0.29, 0.717) is 22.4 Å². The van der Waals surface area contributed by atoms with Gasteiger partial charge in [0.2, 0.25) is 0 Å². The highest BCUT2D eigenvalue weighted by Gasteiger charge is 2.12. The molecule has 18 heavy (non-hydrogen) atoms. The molecule has 0 radical (unpaired) electrons. The summed E-state index contributed by atoms with van der Waals surface area (Å²) in [7, 11) is 3.81. The van der Waals surface area contributed by atoms with Gasteiger partial charge in [-0.15, -0.1) is 5.10 Å². The highest BCUT2D eigenvalue weighted by molar-refractivity contribution is 9.10. The van der Waals surface area contributed by atoms with Crippen molar-refractivity contribution >= 4 is 33.4 Å². The van der Waals surface area contributed by atoms with Crippen molar-refractivity contribution in [3.05, 3.63) is 22.4 Å². The number of carboxylic acid groups (broad SMARTS) is 1. The van der Waals surface area contributed by atoms with Gasteiger partial charge in [0.15, 0.2) is 5.65 Å². The molecule has 2 heterocycles. The molecule has 6 nitrogen and oxygen atoms in total. The van der Waals surface area contributed by atoms with Gasteiger partial charge in [0.25, 0.3) is 0 Å². The van der Waals surface area contributed by atoms with Crippen LogP contribution in [0.1, 0.15) is 12.1 Å². The van der Waals surface area contributed by atoms with E-state index < -0.39 is 5.97 Å². The number of aryl methyl sites for hydroxylation is 1. The number of imidazole rings is 1. The summed E-state index contributed by atoms with van der Waals surface area (Å²) in [5, 5.41) is 13.1. The molecule has 7 heteroatoms. The number of aromatic nitrogens is 3. The second-order valence-corrected chi connectivity index (χ2v) is 4.85. The highest BCUT2D eigenvalue weighted by Crippen LogP contribution is 2.21. The summed E-state index contributed by atoms with van der Waals surface area (Å²) in [4.78, 5) is 16.8. The number of hydrogen-bond donors (Lipinski definition) is 1. The molecule has 0 saturated heterocycles. The maximum atomic E-state index is 10.6. The van der Waals surface area contributed by atoms with Gasteiger partial charge in [-0.05, 0) is 28.1 Å². The molecule has 2 aromatic heterocycles. The Kier molecular flexibility index (Phi) is 3.51. The van der Waals surface area contributed by atoms with Crippen molar-refractivity contribution in [1.82, 2.24) is 14.6 Å². The van der Waals surface area contributed by atoms with Crippen LogP contribution in [-0.4, -0.2) is 39.8 Å². The van der Waals surface area contributed by atoms with Crippen molar-refractivity contribution in [2.24, 2.45) is 0 Å². The lowest BCUT2D eigenvalue weighted by Crippen LogP contribution is -2.12. The molecule has 96 valence electrons. The Labute approximate surface area is 112 Å². The molecular weight excluding hydrogens is 300 g/mol. The fraction of sp³-hybridized carbons (Fsp3) is 0.364. The van der Waals surface area contributed by atoms with Crippen LogP contribution in [-0.2, 0) is 11.2 Å². The Morgan fingerprint density at radius 1 is 1.50 bits per heavy atom. The van der Waals surface area contributed by atoms with E-state index in [1.165, 1.54) is 0 Å². The molecule has 0 aliphatic rings. The molecule has 0 aliphatic heterocycles. The summed E-state index contributed by atoms with van der Waals surface area (Å²) < 4.78 is 2.38. The van der Waals surface area contributed by atoms with Crippen LogP contribution in [0.25, 0.3) is 5.65 Å². The lowest BCUT2D eigenvalue weighted by atomic mass is 10.2. The third-order valence-corrected chi connectivity index (χ3v) is 3.30. The maximum absolute atomic E-state index is 10.6. The first-order valence-corrected chi connectivity index (χ1v) is 6.21. The van der Waals surface area contributed by atoms with E-state index >= 15 is 0 Å². The zero-order valence-corrected chi connectivity index (χ0v) is 11.7. The Balaban J connectivity index is 2.40. The predicted molar refractivity (Wildman–Crippen MR) is 71.0 cm³/mol. The molecular formula is C11H13BrN4O2. The Morgan fingerprint density at radius 3 is 2.83 bits per heavy atom. The molecule has 0 aromatic carbocycles. The number of aliphatic carboxylic acids is 1. The largest absolute Gasteiger partial charge is 0.481 e. The van der Waals surface area contributed by atoms with Crippen LogP contribution in [0.4, 0.5) is 5.82 Å². The minimum atomic E-state index is -0.833. The van der Waals surface area contributed by atoms with Gasteiger partial charge in [0.05, 0.1) is 12.1 Å². The number of carboxylic acids is 1. The van der Waals surface area contributed by atoms with E-state index in [0.717, 1.165) is 5.82 Å². The molecule has 0 saturated carbocycles. The Bertz CT molecular complexity index is 594. The van der Waals surface area contributed by atoms with Gasteiger partial charge in [-0.1, -0.05) is 0 Å². The zero-order chi connectivity index (χ0) is 13.3. The van der Waals surface area contributed by atoms with Crippen LogP contribution in [0, 0.1) is 0 Å². The van der Waals surface area contributed by atoms with Crippen LogP contribution in [0.3, 0.4) is 0 Å². The zero-order valence-electron chi connectivity index (χ0n) is 10.1. The number of fused-ring (bicyclic) bond motifs is 1. The molecule has 0 bridgehead atoms. The van der Waals surface area contributed by atoms with Crippen molar-refractivity contribution in [2.45, 2.75) is 12.8 Å². The lowest BCUT2D eigenvalue weighted by molar-refractivity contribution is -0.136. The van der Waals surface area contributed by atoms with Crippen LogP contribution in [0.2, 0.25) is 0 Å². The number of halogens is 1. The van der Waals surface area contributed by atoms with Crippen LogP contribution in [0.5, 0.6) is 0 Å². The standard InChI is InChI=1S/C11H13BrN4O2/c1-15(2)9-5-4-8-13-7(3-6-10(17)18)11(12)16(8)14-9/h4-5H,3,6H2,1-2H3,(H,17,18). The molecule has 0 unspecified atom stereocenters.